The van der Waals surface area contributed by atoms with Crippen LogP contribution in [0.4, 0.5) is 0 Å². The van der Waals surface area contributed by atoms with E-state index in [1.165, 1.54) is 7.11 Å². The number of halogens is 1. The van der Waals surface area contributed by atoms with Gasteiger partial charge in [0, 0.05) is 11.1 Å². The van der Waals surface area contributed by atoms with Crippen LogP contribution in [0.3, 0.4) is 0 Å². The Morgan fingerprint density at radius 3 is 2.16 bits per heavy atom. The lowest BCUT2D eigenvalue weighted by Crippen LogP contribution is -2.15. The first-order valence-corrected chi connectivity index (χ1v) is 8.95. The molecule has 0 saturated heterocycles. The van der Waals surface area contributed by atoms with Crippen molar-refractivity contribution in [3.63, 3.8) is 0 Å². The fourth-order valence-electron chi connectivity index (χ4n) is 3.08. The average Bonchev–Trinajstić information content (AvgIpc) is 3.01. The topological polar surface area (TPSA) is 60.4 Å². The molecule has 0 N–H and O–H groups in total. The Hall–Kier alpha value is -2.27. The highest BCUT2D eigenvalue weighted by molar-refractivity contribution is 9.10. The summed E-state index contributed by atoms with van der Waals surface area (Å²) in [4.78, 5) is 35.6. The predicted octanol–water partition coefficient (Wildman–Crippen LogP) is 3.97. The molecule has 1 unspecified atom stereocenters. The van der Waals surface area contributed by atoms with Crippen LogP contribution < -0.4 is 0 Å². The van der Waals surface area contributed by atoms with Gasteiger partial charge in [-0.05, 0) is 47.2 Å². The lowest BCUT2D eigenvalue weighted by Gasteiger charge is -2.08. The molecule has 3 rings (SSSR count). The Morgan fingerprint density at radius 2 is 1.60 bits per heavy atom. The lowest BCUT2D eigenvalue weighted by atomic mass is 9.99. The molecule has 0 aliphatic heterocycles. The van der Waals surface area contributed by atoms with E-state index < -0.39 is 11.8 Å². The summed E-state index contributed by atoms with van der Waals surface area (Å²) in [5.41, 5.74) is 5.12. The predicted molar refractivity (Wildman–Crippen MR) is 98.4 cm³/mol. The highest BCUT2D eigenvalue weighted by Gasteiger charge is 2.24. The molecule has 2 aromatic rings. The summed E-state index contributed by atoms with van der Waals surface area (Å²) >= 11 is 3.40. The van der Waals surface area contributed by atoms with Crippen molar-refractivity contribution < 1.29 is 19.1 Å². The summed E-state index contributed by atoms with van der Waals surface area (Å²) in [5.74, 6) is -1.45. The van der Waals surface area contributed by atoms with Crippen molar-refractivity contribution in [3.05, 3.63) is 58.7 Å². The molecular weight excluding hydrogens is 384 g/mol. The van der Waals surface area contributed by atoms with Crippen LogP contribution in [-0.4, -0.2) is 29.5 Å². The first-order chi connectivity index (χ1) is 12.0. The molecular formula is C20H17BrO4. The van der Waals surface area contributed by atoms with Crippen LogP contribution in [0.25, 0.3) is 11.1 Å². The molecule has 4 nitrogen and oxygen atoms in total. The van der Waals surface area contributed by atoms with Gasteiger partial charge in [-0.3, -0.25) is 9.59 Å². The first kappa shape index (κ1) is 17.5. The molecule has 25 heavy (non-hydrogen) atoms. The highest BCUT2D eigenvalue weighted by Crippen LogP contribution is 2.38. The Kier molecular flexibility index (Phi) is 4.86. The SMILES string of the molecule is CCC(Br)C(=O)c1ccc2c(c1)Cc1cc(C(=O)C(=O)OC)ccc1-2. The lowest BCUT2D eigenvalue weighted by molar-refractivity contribution is -0.135. The van der Waals surface area contributed by atoms with Gasteiger partial charge in [0.1, 0.15) is 0 Å². The highest BCUT2D eigenvalue weighted by atomic mass is 79.9. The normalized spacial score (nSPS) is 12.9. The molecule has 0 bridgehead atoms. The van der Waals surface area contributed by atoms with Crippen molar-refractivity contribution in [2.75, 3.05) is 7.11 Å². The van der Waals surface area contributed by atoms with Crippen molar-refractivity contribution in [1.29, 1.82) is 0 Å². The molecule has 0 aromatic heterocycles. The number of esters is 1. The fourth-order valence-corrected chi connectivity index (χ4v) is 3.35. The molecule has 1 atom stereocenters. The van der Waals surface area contributed by atoms with E-state index in [1.54, 1.807) is 12.1 Å². The minimum atomic E-state index is -0.869. The van der Waals surface area contributed by atoms with Gasteiger partial charge in [0.15, 0.2) is 5.78 Å². The smallest absolute Gasteiger partial charge is 0.379 e. The van der Waals surface area contributed by atoms with Crippen LogP contribution in [-0.2, 0) is 16.0 Å². The van der Waals surface area contributed by atoms with Crippen LogP contribution in [0.15, 0.2) is 36.4 Å². The van der Waals surface area contributed by atoms with E-state index >= 15 is 0 Å². The number of rotatable bonds is 5. The third-order valence-electron chi connectivity index (χ3n) is 4.44. The molecule has 0 radical (unpaired) electrons. The molecule has 5 heteroatoms. The van der Waals surface area contributed by atoms with Gasteiger partial charge in [-0.15, -0.1) is 0 Å². The summed E-state index contributed by atoms with van der Waals surface area (Å²) in [5, 5.41) is 0. The summed E-state index contributed by atoms with van der Waals surface area (Å²) in [7, 11) is 1.19. The summed E-state index contributed by atoms with van der Waals surface area (Å²) < 4.78 is 4.49. The summed E-state index contributed by atoms with van der Waals surface area (Å²) in [6, 6.07) is 10.9. The number of alkyl halides is 1. The minimum absolute atomic E-state index is 0.0721. The van der Waals surface area contributed by atoms with Crippen molar-refractivity contribution in [3.8, 4) is 11.1 Å². The first-order valence-electron chi connectivity index (χ1n) is 8.03. The maximum atomic E-state index is 12.4. The number of benzene rings is 2. The quantitative estimate of drug-likeness (QED) is 0.281. The zero-order valence-electron chi connectivity index (χ0n) is 14.0. The van der Waals surface area contributed by atoms with Gasteiger partial charge in [0.05, 0.1) is 11.9 Å². The van der Waals surface area contributed by atoms with Crippen LogP contribution in [0.5, 0.6) is 0 Å². The Morgan fingerprint density at radius 1 is 1.04 bits per heavy atom. The fraction of sp³-hybridized carbons (Fsp3) is 0.250. The van der Waals surface area contributed by atoms with E-state index in [1.807, 2.05) is 31.2 Å². The number of fused-ring (bicyclic) bond motifs is 3. The maximum Gasteiger partial charge on any atom is 0.379 e. The molecule has 0 fully saturated rings. The van der Waals surface area contributed by atoms with E-state index in [0.717, 1.165) is 28.7 Å². The third kappa shape index (κ3) is 3.16. The zero-order valence-corrected chi connectivity index (χ0v) is 15.6. The molecule has 0 amide bonds. The van der Waals surface area contributed by atoms with Crippen molar-refractivity contribution in [1.82, 2.24) is 0 Å². The average molecular weight is 401 g/mol. The molecule has 0 heterocycles. The van der Waals surface area contributed by atoms with Gasteiger partial charge >= 0.3 is 5.97 Å². The number of hydrogen-bond donors (Lipinski definition) is 0. The molecule has 0 spiro atoms. The second-order valence-corrected chi connectivity index (χ2v) is 7.09. The van der Waals surface area contributed by atoms with Gasteiger partial charge < -0.3 is 4.74 Å². The third-order valence-corrected chi connectivity index (χ3v) is 5.51. The Balaban J connectivity index is 1.93. The Labute approximate surface area is 154 Å². The van der Waals surface area contributed by atoms with Crippen molar-refractivity contribution in [2.45, 2.75) is 24.6 Å². The summed E-state index contributed by atoms with van der Waals surface area (Å²) in [6.45, 7) is 1.96. The van der Waals surface area contributed by atoms with E-state index in [2.05, 4.69) is 20.7 Å². The van der Waals surface area contributed by atoms with Gasteiger partial charge in [0.25, 0.3) is 5.78 Å². The molecule has 1 aliphatic carbocycles. The van der Waals surface area contributed by atoms with Crippen molar-refractivity contribution in [2.24, 2.45) is 0 Å². The van der Waals surface area contributed by atoms with Crippen LogP contribution in [0.2, 0.25) is 0 Å². The van der Waals surface area contributed by atoms with Gasteiger partial charge in [0.2, 0.25) is 0 Å². The van der Waals surface area contributed by atoms with E-state index in [-0.39, 0.29) is 10.6 Å². The second kappa shape index (κ2) is 6.92. The molecule has 2 aromatic carbocycles. The zero-order chi connectivity index (χ0) is 18.1. The van der Waals surface area contributed by atoms with Crippen LogP contribution >= 0.6 is 15.9 Å². The van der Waals surface area contributed by atoms with E-state index in [9.17, 15) is 14.4 Å². The van der Waals surface area contributed by atoms with E-state index in [0.29, 0.717) is 17.5 Å². The number of methoxy groups -OCH3 is 1. The number of ketones is 2. The van der Waals surface area contributed by atoms with Crippen LogP contribution in [0, 0.1) is 0 Å². The van der Waals surface area contributed by atoms with E-state index in [4.69, 9.17) is 0 Å². The number of carbonyl (C=O) groups excluding carboxylic acids is 3. The number of ether oxygens (including phenoxy) is 1. The minimum Gasteiger partial charge on any atom is -0.463 e. The second-order valence-electron chi connectivity index (χ2n) is 5.98. The standard InChI is InChI=1S/C20H17BrO4/c1-3-17(21)18(22)11-4-6-15-13(8-11)10-14-9-12(5-7-16(14)15)19(23)20(24)25-2/h4-9,17H,3,10H2,1-2H3. The maximum absolute atomic E-state index is 12.4. The number of Topliss-reactive ketones (excluding diaryl/α,β-unsaturated/α-hetero) is 2. The largest absolute Gasteiger partial charge is 0.463 e. The number of hydrogen-bond acceptors (Lipinski definition) is 4. The Bertz CT molecular complexity index is 885. The molecule has 0 saturated carbocycles. The van der Waals surface area contributed by atoms with Gasteiger partial charge in [-0.1, -0.05) is 47.1 Å². The monoisotopic (exact) mass is 400 g/mol. The van der Waals surface area contributed by atoms with Crippen LogP contribution in [0.1, 0.15) is 45.2 Å². The van der Waals surface area contributed by atoms with Gasteiger partial charge in [-0.2, -0.15) is 0 Å². The molecule has 1 aliphatic rings. The number of carbonyl (C=O) groups is 3. The molecule has 128 valence electrons. The van der Waals surface area contributed by atoms with Gasteiger partial charge in [-0.25, -0.2) is 4.79 Å². The summed E-state index contributed by atoms with van der Waals surface area (Å²) in [6.07, 6.45) is 1.36. The van der Waals surface area contributed by atoms with Crippen molar-refractivity contribution >= 4 is 33.5 Å².